The van der Waals surface area contributed by atoms with Gasteiger partial charge in [-0.3, -0.25) is 0 Å². The Bertz CT molecular complexity index is 2200. The molecule has 0 bridgehead atoms. The molecule has 0 unspecified atom stereocenters. The van der Waals surface area contributed by atoms with E-state index in [1.54, 1.807) is 0 Å². The third-order valence-electron chi connectivity index (χ3n) is 9.25. The van der Waals surface area contributed by atoms with Crippen LogP contribution in [0.1, 0.15) is 33.4 Å². The van der Waals surface area contributed by atoms with Crippen LogP contribution in [0.4, 0.5) is 11.4 Å². The number of carbonyl (C=O) groups is 2. The minimum Gasteiger partial charge on any atom is -0.327 e. The molecule has 0 spiro atoms. The maximum atomic E-state index is 12.8. The molecule has 0 saturated carbocycles. The fourth-order valence-corrected chi connectivity index (χ4v) is 7.59. The lowest BCUT2D eigenvalue weighted by atomic mass is 10.0. The summed E-state index contributed by atoms with van der Waals surface area (Å²) in [5, 5.41) is 8.67. The van der Waals surface area contributed by atoms with Crippen LogP contribution in [0.3, 0.4) is 0 Å². The molecule has 0 saturated heterocycles. The van der Waals surface area contributed by atoms with Crippen molar-refractivity contribution >= 4 is 55.3 Å². The van der Waals surface area contributed by atoms with E-state index in [-0.39, 0.29) is 36.5 Å². The number of guanidine groups is 2. The molecular weight excluding hydrogens is 785 g/mol. The fraction of sp³-hybridized carbons (Fsp3) is 0.300. The highest BCUT2D eigenvalue weighted by Crippen LogP contribution is 2.19. The zero-order valence-corrected chi connectivity index (χ0v) is 34.3. The second-order valence-electron chi connectivity index (χ2n) is 14.1. The second kappa shape index (κ2) is 18.2. The number of carbonyl (C=O) groups excluding carboxylic acids is 2. The van der Waals surface area contributed by atoms with Crippen molar-refractivity contribution in [3.8, 4) is 0 Å². The molecule has 2 N–H and O–H groups in total. The first kappa shape index (κ1) is 41.8. The van der Waals surface area contributed by atoms with Crippen molar-refractivity contribution in [1.82, 2.24) is 18.7 Å². The smallest absolute Gasteiger partial charge is 0.327 e. The molecule has 306 valence electrons. The number of sulfonamides is 2. The monoisotopic (exact) mass is 830 g/mol. The van der Waals surface area contributed by atoms with Gasteiger partial charge in [-0.2, -0.15) is 10.1 Å². The molecule has 6 rings (SSSR count). The maximum Gasteiger partial charge on any atom is 0.444 e. The van der Waals surface area contributed by atoms with Gasteiger partial charge in [-0.15, -0.1) is 0 Å². The van der Waals surface area contributed by atoms with Gasteiger partial charge < -0.3 is 20.3 Å². The molecule has 4 aromatic rings. The average Bonchev–Trinajstić information content (AvgIpc) is 3.82. The van der Waals surface area contributed by atoms with Crippen molar-refractivity contribution in [2.75, 3.05) is 65.0 Å². The Morgan fingerprint density at radius 2 is 0.828 bits per heavy atom. The highest BCUT2D eigenvalue weighted by atomic mass is 32.2. The van der Waals surface area contributed by atoms with E-state index in [1.165, 1.54) is 46.9 Å². The van der Waals surface area contributed by atoms with Gasteiger partial charge >= 0.3 is 11.9 Å². The number of nitrogens with one attached hydrogen (secondary N) is 2. The number of nitrogens with zero attached hydrogens (tertiary/aromatic N) is 6. The van der Waals surface area contributed by atoms with Crippen LogP contribution in [0.5, 0.6) is 0 Å². The number of hydroxylamine groups is 4. The SMILES string of the molecule is CN(C)S(=O)(=O)Cc1ccc(Cc2ccc(NC3=NCCN3OC(=O)C(=O)ON3CCN=C3Nc3ccc(Cc4ccc(CS(=O)(=O)N(C)C)cc4)cc3)cc2)cc1. The van der Waals surface area contributed by atoms with E-state index >= 15 is 0 Å². The number of hydrogen-bond donors (Lipinski definition) is 2. The van der Waals surface area contributed by atoms with Gasteiger partial charge in [0.25, 0.3) is 0 Å². The van der Waals surface area contributed by atoms with Gasteiger partial charge in [0, 0.05) is 39.6 Å². The minimum atomic E-state index is -3.34. The summed E-state index contributed by atoms with van der Waals surface area (Å²) in [4.78, 5) is 45.1. The van der Waals surface area contributed by atoms with Gasteiger partial charge in [0.2, 0.25) is 32.0 Å². The van der Waals surface area contributed by atoms with Crippen molar-refractivity contribution in [2.24, 2.45) is 9.98 Å². The van der Waals surface area contributed by atoms with Crippen LogP contribution in [0.2, 0.25) is 0 Å². The van der Waals surface area contributed by atoms with E-state index in [0.29, 0.717) is 37.3 Å². The summed E-state index contributed by atoms with van der Waals surface area (Å²) in [5.74, 6) is -2.03. The van der Waals surface area contributed by atoms with Gasteiger partial charge in [0.15, 0.2) is 0 Å². The molecule has 0 fully saturated rings. The van der Waals surface area contributed by atoms with Crippen molar-refractivity contribution in [3.63, 3.8) is 0 Å². The van der Waals surface area contributed by atoms with Crippen molar-refractivity contribution in [1.29, 1.82) is 0 Å². The van der Waals surface area contributed by atoms with E-state index in [2.05, 4.69) is 20.6 Å². The van der Waals surface area contributed by atoms with E-state index in [1.807, 2.05) is 97.1 Å². The Morgan fingerprint density at radius 1 is 0.534 bits per heavy atom. The summed E-state index contributed by atoms with van der Waals surface area (Å²) in [6.07, 6.45) is 1.29. The fourth-order valence-electron chi connectivity index (χ4n) is 5.85. The second-order valence-corrected chi connectivity index (χ2v) is 18.4. The lowest BCUT2D eigenvalue weighted by molar-refractivity contribution is -0.198. The molecule has 0 amide bonds. The van der Waals surface area contributed by atoms with Crippen molar-refractivity contribution in [3.05, 3.63) is 130 Å². The first-order valence-corrected chi connectivity index (χ1v) is 21.6. The van der Waals surface area contributed by atoms with Gasteiger partial charge in [0.05, 0.1) is 37.7 Å². The molecule has 0 aliphatic carbocycles. The zero-order valence-electron chi connectivity index (χ0n) is 32.7. The number of rotatable bonds is 14. The number of anilines is 2. The molecule has 0 radical (unpaired) electrons. The molecule has 18 heteroatoms. The Morgan fingerprint density at radius 3 is 1.14 bits per heavy atom. The third kappa shape index (κ3) is 11.2. The molecule has 0 aromatic heterocycles. The standard InChI is InChI=1S/C40H46N8O8S2/c1-45(2)57(51,52)27-33-9-5-29(6-10-33)25-31-13-17-35(18-14-31)43-39-41-21-23-47(39)55-37(49)38(50)56-48-24-22-42-40(48)44-36-19-15-32(16-20-36)26-30-7-11-34(12-8-30)28-58(53,54)46(3)4/h5-20H,21-28H2,1-4H3,(H,41,43)(H,42,44). The molecule has 2 aliphatic rings. The van der Waals surface area contributed by atoms with Crippen LogP contribution >= 0.6 is 0 Å². The van der Waals surface area contributed by atoms with Crippen LogP contribution in [0.15, 0.2) is 107 Å². The van der Waals surface area contributed by atoms with Crippen LogP contribution in [-0.2, 0) is 63.7 Å². The lowest BCUT2D eigenvalue weighted by Gasteiger charge is -2.21. The van der Waals surface area contributed by atoms with Crippen LogP contribution < -0.4 is 10.6 Å². The zero-order chi connectivity index (χ0) is 41.5. The average molecular weight is 831 g/mol. The molecule has 2 heterocycles. The highest BCUT2D eigenvalue weighted by molar-refractivity contribution is 7.88. The first-order chi connectivity index (χ1) is 27.6. The van der Waals surface area contributed by atoms with Crippen LogP contribution in [0, 0.1) is 0 Å². The van der Waals surface area contributed by atoms with Crippen LogP contribution in [-0.4, -0.2) is 114 Å². The summed E-state index contributed by atoms with van der Waals surface area (Å²) in [5.41, 5.74) is 6.95. The number of aliphatic imine (C=N–C) groups is 2. The third-order valence-corrected chi connectivity index (χ3v) is 12.9. The van der Waals surface area contributed by atoms with Crippen LogP contribution in [0.25, 0.3) is 0 Å². The largest absolute Gasteiger partial charge is 0.444 e. The summed E-state index contributed by atoms with van der Waals surface area (Å²) >= 11 is 0. The Hall–Kier alpha value is -5.82. The van der Waals surface area contributed by atoms with Gasteiger partial charge in [0.1, 0.15) is 0 Å². The van der Waals surface area contributed by atoms with E-state index in [9.17, 15) is 26.4 Å². The highest BCUT2D eigenvalue weighted by Gasteiger charge is 2.31. The van der Waals surface area contributed by atoms with Crippen molar-refractivity contribution < 1.29 is 36.1 Å². The Kier molecular flexibility index (Phi) is 13.1. The number of hydrogen-bond acceptors (Lipinski definition) is 14. The Balaban J connectivity index is 0.949. The molecule has 2 aliphatic heterocycles. The summed E-state index contributed by atoms with van der Waals surface area (Å²) in [6.45, 7) is 1.17. The van der Waals surface area contributed by atoms with Gasteiger partial charge in [-0.25, -0.2) is 45.0 Å². The van der Waals surface area contributed by atoms with Gasteiger partial charge in [-0.1, -0.05) is 72.8 Å². The lowest BCUT2D eigenvalue weighted by Crippen LogP contribution is -2.41. The summed E-state index contributed by atoms with van der Waals surface area (Å²) in [7, 11) is -0.607. The quantitative estimate of drug-likeness (QED) is 0.177. The first-order valence-electron chi connectivity index (χ1n) is 18.4. The van der Waals surface area contributed by atoms with E-state index in [0.717, 1.165) is 33.4 Å². The predicted octanol–water partition coefficient (Wildman–Crippen LogP) is 3.43. The van der Waals surface area contributed by atoms with E-state index < -0.39 is 32.0 Å². The van der Waals surface area contributed by atoms with Gasteiger partial charge in [-0.05, 0) is 70.5 Å². The minimum absolute atomic E-state index is 0.0572. The predicted molar refractivity (Wildman–Crippen MR) is 221 cm³/mol. The normalized spacial score (nSPS) is 14.4. The molecule has 16 nitrogen and oxygen atoms in total. The summed E-state index contributed by atoms with van der Waals surface area (Å²) < 4.78 is 51.2. The molecule has 4 aromatic carbocycles. The Labute approximate surface area is 338 Å². The molecule has 0 atom stereocenters. The van der Waals surface area contributed by atoms with Crippen molar-refractivity contribution in [2.45, 2.75) is 24.3 Å². The topological polar surface area (TPSA) is 183 Å². The van der Waals surface area contributed by atoms with E-state index in [4.69, 9.17) is 9.68 Å². The molecule has 58 heavy (non-hydrogen) atoms. The molecular formula is C40H46N8O8S2. The number of benzene rings is 4. The maximum absolute atomic E-state index is 12.8. The summed E-state index contributed by atoms with van der Waals surface area (Å²) in [6, 6.07) is 30.2.